The molecule has 0 aromatic heterocycles. The number of hydrogen-bond acceptors (Lipinski definition) is 4. The van der Waals surface area contributed by atoms with E-state index in [0.29, 0.717) is 36.7 Å². The molecule has 0 unspecified atom stereocenters. The molecule has 0 fully saturated rings. The second-order valence-electron chi connectivity index (χ2n) is 7.65. The third-order valence-electron chi connectivity index (χ3n) is 5.40. The minimum atomic E-state index is -0.600. The second-order valence-corrected chi connectivity index (χ2v) is 7.65. The van der Waals surface area contributed by atoms with Crippen molar-refractivity contribution in [1.82, 2.24) is 0 Å². The number of nitrogens with one attached hydrogen (secondary N) is 1. The molecule has 2 amide bonds. The first kappa shape index (κ1) is 22.3. The number of ether oxygens (including phenoxy) is 2. The van der Waals surface area contributed by atoms with Crippen molar-refractivity contribution >= 4 is 23.2 Å². The van der Waals surface area contributed by atoms with Gasteiger partial charge in [-0.25, -0.2) is 4.39 Å². The van der Waals surface area contributed by atoms with Crippen LogP contribution in [0.5, 0.6) is 11.5 Å². The molecule has 1 N–H and O–H groups in total. The lowest BCUT2D eigenvalue weighted by atomic mass is 10.1. The number of halogens is 1. The molecular weight excluding hydrogens is 423 g/mol. The third kappa shape index (κ3) is 5.31. The smallest absolute Gasteiger partial charge is 0.265 e. The number of anilines is 2. The highest BCUT2D eigenvalue weighted by Gasteiger charge is 2.26. The average Bonchev–Trinajstić information content (AvgIpc) is 2.83. The van der Waals surface area contributed by atoms with Crippen molar-refractivity contribution in [1.29, 1.82) is 0 Å². The first-order valence-corrected chi connectivity index (χ1v) is 10.9. The van der Waals surface area contributed by atoms with E-state index in [1.807, 2.05) is 24.3 Å². The van der Waals surface area contributed by atoms with Gasteiger partial charge in [-0.05, 0) is 60.9 Å². The van der Waals surface area contributed by atoms with Crippen molar-refractivity contribution in [2.45, 2.75) is 19.8 Å². The molecule has 0 radical (unpaired) electrons. The molecule has 33 heavy (non-hydrogen) atoms. The molecule has 0 spiro atoms. The zero-order valence-corrected chi connectivity index (χ0v) is 18.3. The van der Waals surface area contributed by atoms with Crippen molar-refractivity contribution in [3.05, 3.63) is 83.7 Å². The number of benzene rings is 3. The fourth-order valence-electron chi connectivity index (χ4n) is 3.60. The van der Waals surface area contributed by atoms with E-state index in [9.17, 15) is 14.0 Å². The van der Waals surface area contributed by atoms with Crippen LogP contribution in [-0.2, 0) is 11.2 Å². The van der Waals surface area contributed by atoms with Crippen LogP contribution in [0.2, 0.25) is 0 Å². The molecule has 3 aromatic rings. The molecule has 0 atom stereocenters. The Bertz CT molecular complexity index is 1150. The van der Waals surface area contributed by atoms with E-state index < -0.39 is 11.7 Å². The van der Waals surface area contributed by atoms with Gasteiger partial charge in [0.15, 0.2) is 6.61 Å². The van der Waals surface area contributed by atoms with Crippen LogP contribution in [0.1, 0.15) is 29.3 Å². The standard InChI is InChI=1S/C26H25FN2O4/c1-2-18-8-11-20(12-9-18)32-15-5-14-29-23-16-19(10-13-24(23)33-17-25(29)30)28-26(31)21-6-3-4-7-22(21)27/h3-4,6-13,16H,2,5,14-15,17H2,1H3,(H,28,31). The van der Waals surface area contributed by atoms with Crippen LogP contribution < -0.4 is 19.7 Å². The minimum absolute atomic E-state index is 0.0483. The maximum atomic E-state index is 13.9. The normalized spacial score (nSPS) is 12.7. The van der Waals surface area contributed by atoms with Gasteiger partial charge in [-0.3, -0.25) is 9.59 Å². The summed E-state index contributed by atoms with van der Waals surface area (Å²) in [6.45, 7) is 2.94. The highest BCUT2D eigenvalue weighted by Crippen LogP contribution is 2.35. The van der Waals surface area contributed by atoms with E-state index in [1.165, 1.54) is 23.8 Å². The summed E-state index contributed by atoms with van der Waals surface area (Å²) in [5, 5.41) is 2.69. The Hall–Kier alpha value is -3.87. The molecular formula is C26H25FN2O4. The lowest BCUT2D eigenvalue weighted by Crippen LogP contribution is -2.39. The van der Waals surface area contributed by atoms with Crippen LogP contribution in [0.25, 0.3) is 0 Å². The van der Waals surface area contributed by atoms with Gasteiger partial charge in [-0.15, -0.1) is 0 Å². The van der Waals surface area contributed by atoms with Crippen LogP contribution in [0.15, 0.2) is 66.7 Å². The van der Waals surface area contributed by atoms with Gasteiger partial charge in [-0.2, -0.15) is 0 Å². The Balaban J connectivity index is 1.41. The van der Waals surface area contributed by atoms with Gasteiger partial charge in [0, 0.05) is 12.2 Å². The summed E-state index contributed by atoms with van der Waals surface area (Å²) < 4.78 is 25.2. The monoisotopic (exact) mass is 448 g/mol. The summed E-state index contributed by atoms with van der Waals surface area (Å²) in [6.07, 6.45) is 1.59. The number of rotatable bonds is 8. The average molecular weight is 448 g/mol. The van der Waals surface area contributed by atoms with E-state index in [2.05, 4.69) is 12.2 Å². The predicted octanol–water partition coefficient (Wildman–Crippen LogP) is 4.83. The van der Waals surface area contributed by atoms with Crippen molar-refractivity contribution in [2.24, 2.45) is 0 Å². The Morgan fingerprint density at radius 2 is 1.91 bits per heavy atom. The van der Waals surface area contributed by atoms with Gasteiger partial charge >= 0.3 is 0 Å². The summed E-state index contributed by atoms with van der Waals surface area (Å²) in [4.78, 5) is 26.6. The fraction of sp³-hybridized carbons (Fsp3) is 0.231. The number of carbonyl (C=O) groups is 2. The van der Waals surface area contributed by atoms with Crippen LogP contribution in [-0.4, -0.2) is 31.6 Å². The van der Waals surface area contributed by atoms with E-state index >= 15 is 0 Å². The van der Waals surface area contributed by atoms with Crippen LogP contribution >= 0.6 is 0 Å². The van der Waals surface area contributed by atoms with Crippen molar-refractivity contribution < 1.29 is 23.5 Å². The lowest BCUT2D eigenvalue weighted by molar-refractivity contribution is -0.121. The molecule has 1 heterocycles. The molecule has 0 saturated carbocycles. The Morgan fingerprint density at radius 3 is 2.67 bits per heavy atom. The molecule has 6 nitrogen and oxygen atoms in total. The van der Waals surface area contributed by atoms with Gasteiger partial charge in [0.05, 0.1) is 17.9 Å². The number of amides is 2. The number of carbonyl (C=O) groups excluding carboxylic acids is 2. The SMILES string of the molecule is CCc1ccc(OCCCN2C(=O)COc3ccc(NC(=O)c4ccccc4F)cc32)cc1. The van der Waals surface area contributed by atoms with Gasteiger partial charge in [0.2, 0.25) is 0 Å². The molecule has 7 heteroatoms. The van der Waals surface area contributed by atoms with Crippen LogP contribution in [0.3, 0.4) is 0 Å². The first-order chi connectivity index (χ1) is 16.0. The van der Waals surface area contributed by atoms with Gasteiger partial charge in [0.25, 0.3) is 11.8 Å². The van der Waals surface area contributed by atoms with Crippen molar-refractivity contribution in [2.75, 3.05) is 30.0 Å². The number of hydrogen-bond donors (Lipinski definition) is 1. The Labute approximate surface area is 191 Å². The Kier molecular flexibility index (Phi) is 6.88. The first-order valence-electron chi connectivity index (χ1n) is 10.9. The summed E-state index contributed by atoms with van der Waals surface area (Å²) in [7, 11) is 0. The fourth-order valence-corrected chi connectivity index (χ4v) is 3.60. The minimum Gasteiger partial charge on any atom is -0.494 e. The third-order valence-corrected chi connectivity index (χ3v) is 5.40. The second kappa shape index (κ2) is 10.2. The highest BCUT2D eigenvalue weighted by atomic mass is 19.1. The summed E-state index contributed by atoms with van der Waals surface area (Å²) in [5.74, 6) is 0.00330. The topological polar surface area (TPSA) is 67.9 Å². The van der Waals surface area contributed by atoms with Gasteiger partial charge < -0.3 is 19.7 Å². The summed E-state index contributed by atoms with van der Waals surface area (Å²) in [6, 6.07) is 18.7. The van der Waals surface area contributed by atoms with E-state index in [4.69, 9.17) is 9.47 Å². The number of nitrogens with zero attached hydrogens (tertiary/aromatic N) is 1. The quantitative estimate of drug-likeness (QED) is 0.501. The van der Waals surface area contributed by atoms with Gasteiger partial charge in [0.1, 0.15) is 17.3 Å². The van der Waals surface area contributed by atoms with Crippen molar-refractivity contribution in [3.63, 3.8) is 0 Å². The maximum Gasteiger partial charge on any atom is 0.265 e. The van der Waals surface area contributed by atoms with Gasteiger partial charge in [-0.1, -0.05) is 31.2 Å². The molecule has 4 rings (SSSR count). The number of aryl methyl sites for hydroxylation is 1. The van der Waals surface area contributed by atoms with E-state index in [1.54, 1.807) is 29.2 Å². The van der Waals surface area contributed by atoms with Crippen LogP contribution in [0, 0.1) is 5.82 Å². The zero-order valence-electron chi connectivity index (χ0n) is 18.3. The summed E-state index contributed by atoms with van der Waals surface area (Å²) >= 11 is 0. The number of fused-ring (bicyclic) bond motifs is 1. The molecule has 1 aliphatic rings. The highest BCUT2D eigenvalue weighted by molar-refractivity contribution is 6.05. The van der Waals surface area contributed by atoms with Crippen molar-refractivity contribution in [3.8, 4) is 11.5 Å². The molecule has 3 aromatic carbocycles. The Morgan fingerprint density at radius 1 is 1.12 bits per heavy atom. The van der Waals surface area contributed by atoms with Crippen LogP contribution in [0.4, 0.5) is 15.8 Å². The lowest BCUT2D eigenvalue weighted by Gasteiger charge is -2.30. The molecule has 0 saturated heterocycles. The molecule has 170 valence electrons. The predicted molar refractivity (Wildman–Crippen MR) is 125 cm³/mol. The van der Waals surface area contributed by atoms with E-state index in [-0.39, 0.29) is 18.1 Å². The molecule has 0 aliphatic carbocycles. The maximum absolute atomic E-state index is 13.9. The molecule has 0 bridgehead atoms. The summed E-state index contributed by atoms with van der Waals surface area (Å²) in [5.41, 5.74) is 2.20. The van der Waals surface area contributed by atoms with E-state index in [0.717, 1.165) is 12.2 Å². The molecule has 1 aliphatic heterocycles. The zero-order chi connectivity index (χ0) is 23.2. The largest absolute Gasteiger partial charge is 0.494 e.